The number of carbonyl (C=O) groups excluding carboxylic acids is 1. The van der Waals surface area contributed by atoms with Crippen molar-refractivity contribution in [1.82, 2.24) is 0 Å². The molecule has 2 aromatic carbocycles. The molecule has 0 aliphatic heterocycles. The zero-order valence-electron chi connectivity index (χ0n) is 11.6. The van der Waals surface area contributed by atoms with Gasteiger partial charge in [0.15, 0.2) is 0 Å². The van der Waals surface area contributed by atoms with Gasteiger partial charge in [-0.05, 0) is 48.9 Å². The maximum atomic E-state index is 12.1. The molecule has 0 unspecified atom stereocenters. The summed E-state index contributed by atoms with van der Waals surface area (Å²) >= 11 is 0. The van der Waals surface area contributed by atoms with Crippen LogP contribution >= 0.6 is 0 Å². The van der Waals surface area contributed by atoms with Gasteiger partial charge in [-0.3, -0.25) is 4.79 Å². The summed E-state index contributed by atoms with van der Waals surface area (Å²) in [5, 5.41) is 20.7. The largest absolute Gasteiger partial charge is 0.508 e. The van der Waals surface area contributed by atoms with Gasteiger partial charge in [0.05, 0.1) is 0 Å². The fourth-order valence-electron chi connectivity index (χ4n) is 1.79. The van der Waals surface area contributed by atoms with Crippen LogP contribution in [0.15, 0.2) is 42.5 Å². The first-order chi connectivity index (χ1) is 10.1. The van der Waals surface area contributed by atoms with Gasteiger partial charge >= 0.3 is 0 Å². The average Bonchev–Trinajstić information content (AvgIpc) is 2.48. The monoisotopic (exact) mass is 281 g/mol. The first kappa shape index (κ1) is 14.6. The lowest BCUT2D eigenvalue weighted by molar-refractivity contribution is 0.102. The smallest absolute Gasteiger partial charge is 0.255 e. The van der Waals surface area contributed by atoms with E-state index in [9.17, 15) is 9.90 Å². The molecule has 0 fully saturated rings. The molecular formula is C17H15NO3. The lowest BCUT2D eigenvalue weighted by atomic mass is 10.1. The van der Waals surface area contributed by atoms with Crippen molar-refractivity contribution in [2.75, 3.05) is 11.9 Å². The lowest BCUT2D eigenvalue weighted by Gasteiger charge is -2.07. The van der Waals surface area contributed by atoms with Crippen LogP contribution in [0.4, 0.5) is 5.69 Å². The van der Waals surface area contributed by atoms with Crippen LogP contribution in [-0.4, -0.2) is 22.7 Å². The number of amides is 1. The van der Waals surface area contributed by atoms with E-state index in [1.165, 1.54) is 12.1 Å². The van der Waals surface area contributed by atoms with Crippen LogP contribution in [0.2, 0.25) is 0 Å². The van der Waals surface area contributed by atoms with Gasteiger partial charge in [-0.25, -0.2) is 0 Å². The number of anilines is 1. The van der Waals surface area contributed by atoms with Crippen molar-refractivity contribution >= 4 is 11.6 Å². The third-order valence-electron chi connectivity index (χ3n) is 2.93. The van der Waals surface area contributed by atoms with Gasteiger partial charge < -0.3 is 15.5 Å². The first-order valence-corrected chi connectivity index (χ1v) is 6.41. The van der Waals surface area contributed by atoms with E-state index in [1.807, 2.05) is 13.0 Å². The molecule has 4 heteroatoms. The Hall–Kier alpha value is -2.77. The van der Waals surface area contributed by atoms with Gasteiger partial charge in [-0.2, -0.15) is 0 Å². The molecule has 0 radical (unpaired) electrons. The van der Waals surface area contributed by atoms with Crippen molar-refractivity contribution in [3.8, 4) is 17.6 Å². The second kappa shape index (κ2) is 6.60. The number of nitrogens with one attached hydrogen (secondary N) is 1. The molecule has 2 rings (SSSR count). The third kappa shape index (κ3) is 3.85. The zero-order chi connectivity index (χ0) is 15.2. The Kier molecular flexibility index (Phi) is 4.60. The Labute approximate surface area is 123 Å². The number of benzene rings is 2. The molecule has 0 saturated heterocycles. The van der Waals surface area contributed by atoms with E-state index in [4.69, 9.17) is 5.11 Å². The lowest BCUT2D eigenvalue weighted by Crippen LogP contribution is -2.11. The van der Waals surface area contributed by atoms with Gasteiger partial charge in [0, 0.05) is 16.8 Å². The van der Waals surface area contributed by atoms with Crippen molar-refractivity contribution in [3.63, 3.8) is 0 Å². The standard InChI is InChI=1S/C17H15NO3/c1-12-4-7-15(11-14(12)3-2-10-19)18-17(21)13-5-8-16(20)9-6-13/h4-9,11,19-20H,10H2,1H3,(H,18,21). The van der Waals surface area contributed by atoms with Gasteiger partial charge in [0.25, 0.3) is 5.91 Å². The van der Waals surface area contributed by atoms with E-state index < -0.39 is 0 Å². The minimum absolute atomic E-state index is 0.114. The fourth-order valence-corrected chi connectivity index (χ4v) is 1.79. The molecule has 1 amide bonds. The maximum absolute atomic E-state index is 12.1. The van der Waals surface area contributed by atoms with E-state index in [0.717, 1.165) is 11.1 Å². The molecule has 3 N–H and O–H groups in total. The average molecular weight is 281 g/mol. The number of phenols is 1. The van der Waals surface area contributed by atoms with Crippen molar-refractivity contribution in [1.29, 1.82) is 0 Å². The Morgan fingerprint density at radius 1 is 1.19 bits per heavy atom. The summed E-state index contributed by atoms with van der Waals surface area (Å²) in [6.45, 7) is 1.70. The number of aliphatic hydroxyl groups excluding tert-OH is 1. The van der Waals surface area contributed by atoms with E-state index in [-0.39, 0.29) is 18.3 Å². The topological polar surface area (TPSA) is 69.6 Å². The predicted molar refractivity (Wildman–Crippen MR) is 81.2 cm³/mol. The second-order valence-corrected chi connectivity index (χ2v) is 4.49. The van der Waals surface area contributed by atoms with E-state index in [1.54, 1.807) is 24.3 Å². The third-order valence-corrected chi connectivity index (χ3v) is 2.93. The summed E-state index contributed by atoms with van der Waals surface area (Å²) in [4.78, 5) is 12.1. The van der Waals surface area contributed by atoms with Gasteiger partial charge in [0.1, 0.15) is 12.4 Å². The molecule has 0 atom stereocenters. The van der Waals surface area contributed by atoms with E-state index in [2.05, 4.69) is 17.2 Å². The van der Waals surface area contributed by atoms with Crippen molar-refractivity contribution in [2.24, 2.45) is 0 Å². The van der Waals surface area contributed by atoms with Crippen LogP contribution in [0, 0.1) is 18.8 Å². The highest BCUT2D eigenvalue weighted by molar-refractivity contribution is 6.04. The van der Waals surface area contributed by atoms with Crippen LogP contribution in [0.1, 0.15) is 21.5 Å². The zero-order valence-corrected chi connectivity index (χ0v) is 11.6. The second-order valence-electron chi connectivity index (χ2n) is 4.49. The number of aromatic hydroxyl groups is 1. The van der Waals surface area contributed by atoms with Gasteiger partial charge in [-0.1, -0.05) is 17.9 Å². The van der Waals surface area contributed by atoms with Gasteiger partial charge in [-0.15, -0.1) is 0 Å². The minimum atomic E-state index is -0.264. The van der Waals surface area contributed by atoms with Crippen molar-refractivity contribution in [3.05, 3.63) is 59.2 Å². The number of carbonyl (C=O) groups is 1. The number of hydrogen-bond donors (Lipinski definition) is 3. The molecule has 106 valence electrons. The number of aryl methyl sites for hydroxylation is 1. The van der Waals surface area contributed by atoms with Crippen molar-refractivity contribution in [2.45, 2.75) is 6.92 Å². The van der Waals surface area contributed by atoms with Gasteiger partial charge in [0.2, 0.25) is 0 Å². The highest BCUT2D eigenvalue weighted by atomic mass is 16.3. The Morgan fingerprint density at radius 3 is 2.57 bits per heavy atom. The molecule has 0 heterocycles. The summed E-state index contributed by atoms with van der Waals surface area (Å²) in [5.74, 6) is 5.28. The summed E-state index contributed by atoms with van der Waals surface area (Å²) in [7, 11) is 0. The number of hydrogen-bond acceptors (Lipinski definition) is 3. The number of phenolic OH excluding ortho intramolecular Hbond substituents is 1. The quantitative estimate of drug-likeness (QED) is 0.740. The molecule has 2 aromatic rings. The predicted octanol–water partition coefficient (Wildman–Crippen LogP) is 2.30. The molecular weight excluding hydrogens is 266 g/mol. The maximum Gasteiger partial charge on any atom is 0.255 e. The molecule has 0 aliphatic rings. The fraction of sp³-hybridized carbons (Fsp3) is 0.118. The number of rotatable bonds is 2. The summed E-state index contributed by atoms with van der Waals surface area (Å²) in [6.07, 6.45) is 0. The molecule has 0 bridgehead atoms. The minimum Gasteiger partial charge on any atom is -0.508 e. The van der Waals surface area contributed by atoms with E-state index >= 15 is 0 Å². The molecule has 4 nitrogen and oxygen atoms in total. The highest BCUT2D eigenvalue weighted by Gasteiger charge is 2.07. The molecule has 0 spiro atoms. The normalized spacial score (nSPS) is 9.62. The van der Waals surface area contributed by atoms with Crippen molar-refractivity contribution < 1.29 is 15.0 Å². The highest BCUT2D eigenvalue weighted by Crippen LogP contribution is 2.16. The molecule has 0 aliphatic carbocycles. The summed E-state index contributed by atoms with van der Waals surface area (Å²) in [6, 6.07) is 11.4. The van der Waals surface area contributed by atoms with Crippen LogP contribution in [0.3, 0.4) is 0 Å². The Bertz CT molecular complexity index is 709. The van der Waals surface area contributed by atoms with Crippen LogP contribution < -0.4 is 5.32 Å². The molecule has 21 heavy (non-hydrogen) atoms. The van der Waals surface area contributed by atoms with Crippen LogP contribution in [0.5, 0.6) is 5.75 Å². The summed E-state index contributed by atoms with van der Waals surface area (Å²) in [5.41, 5.74) is 2.81. The SMILES string of the molecule is Cc1ccc(NC(=O)c2ccc(O)cc2)cc1C#CCO. The molecule has 0 aromatic heterocycles. The first-order valence-electron chi connectivity index (χ1n) is 6.41. The molecule has 0 saturated carbocycles. The Morgan fingerprint density at radius 2 is 1.90 bits per heavy atom. The number of aliphatic hydroxyl groups is 1. The Balaban J connectivity index is 2.19. The van der Waals surface area contributed by atoms with E-state index in [0.29, 0.717) is 11.3 Å². The van der Waals surface area contributed by atoms with Crippen LogP contribution in [0.25, 0.3) is 0 Å². The summed E-state index contributed by atoms with van der Waals surface area (Å²) < 4.78 is 0. The van der Waals surface area contributed by atoms with Crippen LogP contribution in [-0.2, 0) is 0 Å².